The van der Waals surface area contributed by atoms with Crippen molar-refractivity contribution in [3.05, 3.63) is 54.3 Å². The summed E-state index contributed by atoms with van der Waals surface area (Å²) < 4.78 is 0. The number of pyridine rings is 1. The van der Waals surface area contributed by atoms with Crippen molar-refractivity contribution in [2.45, 2.75) is 13.3 Å². The average Bonchev–Trinajstić information content (AvgIpc) is 2.24. The lowest BCUT2D eigenvalue weighted by Gasteiger charge is -2.07. The van der Waals surface area contributed by atoms with Gasteiger partial charge in [-0.2, -0.15) is 0 Å². The molecule has 1 aliphatic rings. The molecule has 0 amide bonds. The molecule has 1 heterocycles. The summed E-state index contributed by atoms with van der Waals surface area (Å²) in [5.41, 5.74) is 7.71. The third kappa shape index (κ3) is 2.60. The summed E-state index contributed by atoms with van der Waals surface area (Å²) in [6.07, 6.45) is 11.8. The van der Waals surface area contributed by atoms with Crippen molar-refractivity contribution in [2.75, 3.05) is 5.73 Å². The monoisotopic (exact) mass is 212 g/mol. The van der Waals surface area contributed by atoms with Gasteiger partial charge in [0.15, 0.2) is 0 Å². The van der Waals surface area contributed by atoms with Crippen LogP contribution in [0.5, 0.6) is 0 Å². The van der Waals surface area contributed by atoms with Crippen LogP contribution < -0.4 is 5.73 Å². The van der Waals surface area contributed by atoms with Gasteiger partial charge in [-0.25, -0.2) is 4.98 Å². The SMILES string of the molecule is CC1C=CC(c2cccc(N)n2)=CC=CC1. The molecule has 1 aliphatic carbocycles. The van der Waals surface area contributed by atoms with E-state index in [2.05, 4.69) is 42.3 Å². The van der Waals surface area contributed by atoms with Crippen LogP contribution >= 0.6 is 0 Å². The molecule has 0 fully saturated rings. The normalized spacial score (nSPS) is 20.1. The van der Waals surface area contributed by atoms with Crippen LogP contribution in [0.25, 0.3) is 5.57 Å². The van der Waals surface area contributed by atoms with Crippen LogP contribution in [0.2, 0.25) is 0 Å². The predicted octanol–water partition coefficient (Wildman–Crippen LogP) is 3.20. The molecule has 2 rings (SSSR count). The molecule has 0 saturated carbocycles. The number of nitrogens with two attached hydrogens (primary N) is 1. The van der Waals surface area contributed by atoms with Crippen molar-refractivity contribution in [3.63, 3.8) is 0 Å². The largest absolute Gasteiger partial charge is 0.384 e. The second-order valence-electron chi connectivity index (χ2n) is 4.07. The van der Waals surface area contributed by atoms with Gasteiger partial charge < -0.3 is 5.73 Å². The predicted molar refractivity (Wildman–Crippen MR) is 68.7 cm³/mol. The van der Waals surface area contributed by atoms with Crippen molar-refractivity contribution < 1.29 is 0 Å². The lowest BCUT2D eigenvalue weighted by molar-refractivity contribution is 0.744. The molecular formula is C14H16N2. The summed E-state index contributed by atoms with van der Waals surface area (Å²) in [6.45, 7) is 2.20. The zero-order chi connectivity index (χ0) is 11.4. The zero-order valence-corrected chi connectivity index (χ0v) is 9.43. The van der Waals surface area contributed by atoms with E-state index in [9.17, 15) is 0 Å². The first kappa shape index (κ1) is 10.7. The first-order valence-corrected chi connectivity index (χ1v) is 5.53. The molecule has 82 valence electrons. The van der Waals surface area contributed by atoms with E-state index < -0.39 is 0 Å². The number of rotatable bonds is 1. The van der Waals surface area contributed by atoms with Crippen LogP contribution in [0.3, 0.4) is 0 Å². The van der Waals surface area contributed by atoms with Crippen molar-refractivity contribution in [1.29, 1.82) is 0 Å². The molecule has 1 aromatic heterocycles. The molecule has 0 bridgehead atoms. The van der Waals surface area contributed by atoms with Gasteiger partial charge in [0.05, 0.1) is 5.69 Å². The van der Waals surface area contributed by atoms with E-state index in [0.29, 0.717) is 11.7 Å². The van der Waals surface area contributed by atoms with E-state index in [1.807, 2.05) is 12.1 Å². The second-order valence-corrected chi connectivity index (χ2v) is 4.07. The number of nitrogen functional groups attached to an aromatic ring is 1. The molecule has 2 heteroatoms. The van der Waals surface area contributed by atoms with E-state index in [0.717, 1.165) is 17.7 Å². The zero-order valence-electron chi connectivity index (χ0n) is 9.43. The Kier molecular flexibility index (Phi) is 3.20. The molecule has 1 unspecified atom stereocenters. The third-order valence-corrected chi connectivity index (χ3v) is 2.59. The van der Waals surface area contributed by atoms with E-state index >= 15 is 0 Å². The first-order valence-electron chi connectivity index (χ1n) is 5.53. The highest BCUT2D eigenvalue weighted by molar-refractivity contribution is 5.73. The van der Waals surface area contributed by atoms with E-state index in [4.69, 9.17) is 5.73 Å². The highest BCUT2D eigenvalue weighted by Gasteiger charge is 2.02. The number of nitrogens with zero attached hydrogens (tertiary/aromatic N) is 1. The van der Waals surface area contributed by atoms with Crippen molar-refractivity contribution in [2.24, 2.45) is 5.92 Å². The minimum Gasteiger partial charge on any atom is -0.384 e. The number of hydrogen-bond donors (Lipinski definition) is 1. The Balaban J connectivity index is 2.35. The molecular weight excluding hydrogens is 196 g/mol. The fourth-order valence-corrected chi connectivity index (χ4v) is 1.65. The number of anilines is 1. The molecule has 1 atom stereocenters. The fourth-order valence-electron chi connectivity index (χ4n) is 1.65. The maximum absolute atomic E-state index is 5.68. The minimum absolute atomic E-state index is 0.561. The second kappa shape index (κ2) is 4.79. The molecule has 0 aliphatic heterocycles. The van der Waals surface area contributed by atoms with E-state index in [1.165, 1.54) is 0 Å². The standard InChI is InChI=1S/C14H16N2/c1-11-5-2-3-6-12(10-9-11)13-7-4-8-14(15)16-13/h2-4,6-11H,5H2,1H3,(H2,15,16). The molecule has 2 nitrogen and oxygen atoms in total. The van der Waals surface area contributed by atoms with Gasteiger partial charge in [-0.1, -0.05) is 43.4 Å². The number of hydrogen-bond acceptors (Lipinski definition) is 2. The lowest BCUT2D eigenvalue weighted by Crippen LogP contribution is -1.95. The topological polar surface area (TPSA) is 38.9 Å². The summed E-state index contributed by atoms with van der Waals surface area (Å²) in [6, 6.07) is 5.71. The lowest BCUT2D eigenvalue weighted by atomic mass is 10.0. The maximum Gasteiger partial charge on any atom is 0.124 e. The molecule has 1 aromatic rings. The van der Waals surface area contributed by atoms with Gasteiger partial charge >= 0.3 is 0 Å². The summed E-state index contributed by atoms with van der Waals surface area (Å²) >= 11 is 0. The average molecular weight is 212 g/mol. The van der Waals surface area contributed by atoms with Crippen LogP contribution in [0.15, 0.2) is 48.6 Å². The Hall–Kier alpha value is -1.83. The molecule has 0 radical (unpaired) electrons. The van der Waals surface area contributed by atoms with E-state index in [-0.39, 0.29) is 0 Å². The molecule has 0 saturated heterocycles. The van der Waals surface area contributed by atoms with Gasteiger partial charge in [0, 0.05) is 0 Å². The van der Waals surface area contributed by atoms with Crippen LogP contribution in [-0.2, 0) is 0 Å². The maximum atomic E-state index is 5.68. The Morgan fingerprint density at radius 3 is 3.06 bits per heavy atom. The van der Waals surface area contributed by atoms with Crippen molar-refractivity contribution in [1.82, 2.24) is 4.98 Å². The fraction of sp³-hybridized carbons (Fsp3) is 0.214. The van der Waals surface area contributed by atoms with E-state index in [1.54, 1.807) is 6.07 Å². The summed E-state index contributed by atoms with van der Waals surface area (Å²) in [4.78, 5) is 4.32. The van der Waals surface area contributed by atoms with Gasteiger partial charge in [0.25, 0.3) is 0 Å². The third-order valence-electron chi connectivity index (χ3n) is 2.59. The van der Waals surface area contributed by atoms with Crippen LogP contribution in [-0.4, -0.2) is 4.98 Å². The van der Waals surface area contributed by atoms with Gasteiger partial charge in [-0.3, -0.25) is 0 Å². The molecule has 0 aromatic carbocycles. The number of allylic oxidation sites excluding steroid dienone is 6. The molecule has 0 spiro atoms. The quantitative estimate of drug-likeness (QED) is 0.776. The minimum atomic E-state index is 0.561. The summed E-state index contributed by atoms with van der Waals surface area (Å²) in [5, 5.41) is 0. The van der Waals surface area contributed by atoms with Crippen LogP contribution in [0.1, 0.15) is 19.0 Å². The Labute approximate surface area is 96.2 Å². The highest BCUT2D eigenvalue weighted by atomic mass is 14.8. The summed E-state index contributed by atoms with van der Waals surface area (Å²) in [7, 11) is 0. The molecule has 2 N–H and O–H groups in total. The van der Waals surface area contributed by atoms with Crippen LogP contribution in [0.4, 0.5) is 5.82 Å². The van der Waals surface area contributed by atoms with Crippen molar-refractivity contribution in [3.8, 4) is 0 Å². The van der Waals surface area contributed by atoms with Gasteiger partial charge in [0.2, 0.25) is 0 Å². The number of aromatic nitrogens is 1. The van der Waals surface area contributed by atoms with Crippen LogP contribution in [0, 0.1) is 5.92 Å². The van der Waals surface area contributed by atoms with Gasteiger partial charge in [-0.05, 0) is 30.0 Å². The smallest absolute Gasteiger partial charge is 0.124 e. The highest BCUT2D eigenvalue weighted by Crippen LogP contribution is 2.19. The Bertz CT molecular complexity index is 456. The van der Waals surface area contributed by atoms with Crippen molar-refractivity contribution >= 4 is 11.4 Å². The molecule has 16 heavy (non-hydrogen) atoms. The Morgan fingerprint density at radius 2 is 2.25 bits per heavy atom. The summed E-state index contributed by atoms with van der Waals surface area (Å²) in [5.74, 6) is 1.13. The Morgan fingerprint density at radius 1 is 1.38 bits per heavy atom. The van der Waals surface area contributed by atoms with Gasteiger partial charge in [-0.15, -0.1) is 0 Å². The first-order chi connectivity index (χ1) is 7.75. The van der Waals surface area contributed by atoms with Gasteiger partial charge in [0.1, 0.15) is 5.82 Å².